The zero-order valence-corrected chi connectivity index (χ0v) is 10.5. The maximum atomic E-state index is 11.2. The van der Waals surface area contributed by atoms with Gasteiger partial charge in [-0.2, -0.15) is 12.0 Å². The summed E-state index contributed by atoms with van der Waals surface area (Å²) in [5.41, 5.74) is 0. The molecule has 0 aliphatic carbocycles. The summed E-state index contributed by atoms with van der Waals surface area (Å²) in [7, 11) is -4.55. The molecule has 0 unspecified atom stereocenters. The molecule has 17 heavy (non-hydrogen) atoms. The molecule has 0 spiro atoms. The maximum Gasteiger partial charge on any atom is 0.408 e. The molecule has 1 rings (SSSR count). The number of hydrogen-bond donors (Lipinski definition) is 2. The molecule has 1 amide bonds. The Bertz CT molecular complexity index is 489. The SMILES string of the molecule is O=C(CSOS(=O)(=O)O)Nc1ccc(Cl)cn1. The predicted molar refractivity (Wildman–Crippen MR) is 63.0 cm³/mol. The van der Waals surface area contributed by atoms with Gasteiger partial charge in [0.1, 0.15) is 11.6 Å². The number of anilines is 1. The van der Waals surface area contributed by atoms with Crippen LogP contribution < -0.4 is 5.32 Å². The van der Waals surface area contributed by atoms with Gasteiger partial charge in [-0.3, -0.25) is 9.35 Å². The highest BCUT2D eigenvalue weighted by molar-refractivity contribution is 8.03. The Morgan fingerprint density at radius 3 is 2.82 bits per heavy atom. The Kier molecular flexibility index (Phi) is 5.15. The molecular weight excluding hydrogens is 292 g/mol. The van der Waals surface area contributed by atoms with Crippen molar-refractivity contribution in [3.63, 3.8) is 0 Å². The van der Waals surface area contributed by atoms with Crippen LogP contribution in [0, 0.1) is 0 Å². The summed E-state index contributed by atoms with van der Waals surface area (Å²) >= 11 is 5.88. The average Bonchev–Trinajstić information content (AvgIpc) is 2.19. The highest BCUT2D eigenvalue weighted by Gasteiger charge is 2.09. The first-order chi connectivity index (χ1) is 7.87. The number of halogens is 1. The third-order valence-electron chi connectivity index (χ3n) is 1.32. The second kappa shape index (κ2) is 6.17. The third kappa shape index (κ3) is 6.44. The molecule has 1 aromatic rings. The monoisotopic (exact) mass is 298 g/mol. The lowest BCUT2D eigenvalue weighted by Gasteiger charge is -2.02. The number of pyridine rings is 1. The van der Waals surface area contributed by atoms with Gasteiger partial charge in [0.15, 0.2) is 0 Å². The molecule has 0 saturated carbocycles. The molecule has 0 aliphatic heterocycles. The Morgan fingerprint density at radius 1 is 1.59 bits per heavy atom. The molecule has 0 atom stereocenters. The van der Waals surface area contributed by atoms with Gasteiger partial charge >= 0.3 is 10.4 Å². The number of nitrogens with zero attached hydrogens (tertiary/aromatic N) is 1. The zero-order chi connectivity index (χ0) is 12.9. The molecule has 10 heteroatoms. The van der Waals surface area contributed by atoms with Gasteiger partial charge < -0.3 is 5.32 Å². The lowest BCUT2D eigenvalue weighted by molar-refractivity contribution is -0.113. The Hall–Kier alpha value is -0.870. The number of carbonyl (C=O) groups is 1. The lowest BCUT2D eigenvalue weighted by Crippen LogP contribution is -2.15. The van der Waals surface area contributed by atoms with E-state index in [1.807, 2.05) is 0 Å². The maximum absolute atomic E-state index is 11.2. The van der Waals surface area contributed by atoms with Gasteiger partial charge in [-0.05, 0) is 12.1 Å². The van der Waals surface area contributed by atoms with Crippen LogP contribution in [0.25, 0.3) is 0 Å². The Labute approximate surface area is 107 Å². The van der Waals surface area contributed by atoms with E-state index in [-0.39, 0.29) is 23.6 Å². The summed E-state index contributed by atoms with van der Waals surface area (Å²) in [4.78, 5) is 15.0. The van der Waals surface area contributed by atoms with Crippen molar-refractivity contribution in [2.24, 2.45) is 0 Å². The standard InChI is InChI=1S/C7H7ClN2O5S2/c8-5-1-2-6(9-3-5)10-7(11)4-16-15-17(12,13)14/h1-3H,4H2,(H,9,10,11)(H,12,13,14). The quantitative estimate of drug-likeness (QED) is 0.620. The summed E-state index contributed by atoms with van der Waals surface area (Å²) in [6.07, 6.45) is 1.35. The third-order valence-corrected chi connectivity index (χ3v) is 3.00. The van der Waals surface area contributed by atoms with Crippen LogP contribution in [0.2, 0.25) is 5.02 Å². The molecule has 7 nitrogen and oxygen atoms in total. The largest absolute Gasteiger partial charge is 0.408 e. The van der Waals surface area contributed by atoms with E-state index in [2.05, 4.69) is 13.9 Å². The van der Waals surface area contributed by atoms with Crippen LogP contribution in [-0.4, -0.2) is 29.6 Å². The van der Waals surface area contributed by atoms with Crippen molar-refractivity contribution in [1.82, 2.24) is 4.98 Å². The van der Waals surface area contributed by atoms with Gasteiger partial charge in [-0.15, -0.1) is 0 Å². The Balaban J connectivity index is 2.37. The normalized spacial score (nSPS) is 11.2. The molecule has 0 radical (unpaired) electrons. The van der Waals surface area contributed by atoms with Crippen molar-refractivity contribution in [3.05, 3.63) is 23.4 Å². The van der Waals surface area contributed by atoms with Crippen LogP contribution in [0.4, 0.5) is 5.82 Å². The topological polar surface area (TPSA) is 106 Å². The van der Waals surface area contributed by atoms with Crippen LogP contribution in [0.3, 0.4) is 0 Å². The molecule has 0 aliphatic rings. The molecule has 0 aromatic carbocycles. The summed E-state index contributed by atoms with van der Waals surface area (Å²) in [6.45, 7) is 0. The van der Waals surface area contributed by atoms with Crippen LogP contribution in [0.5, 0.6) is 0 Å². The summed E-state index contributed by atoms with van der Waals surface area (Å²) in [5.74, 6) is -0.579. The van der Waals surface area contributed by atoms with Gasteiger partial charge in [0.05, 0.1) is 5.02 Å². The van der Waals surface area contributed by atoms with E-state index < -0.39 is 16.3 Å². The van der Waals surface area contributed by atoms with E-state index >= 15 is 0 Å². The van der Waals surface area contributed by atoms with E-state index in [4.69, 9.17) is 16.2 Å². The van der Waals surface area contributed by atoms with E-state index in [1.54, 1.807) is 0 Å². The first kappa shape index (κ1) is 14.2. The molecule has 1 heterocycles. The van der Waals surface area contributed by atoms with E-state index in [1.165, 1.54) is 18.3 Å². The molecular formula is C7H7ClN2O5S2. The first-order valence-corrected chi connectivity index (χ1v) is 6.72. The number of carbonyl (C=O) groups excluding carboxylic acids is 1. The van der Waals surface area contributed by atoms with Crippen LogP contribution in [0.15, 0.2) is 18.3 Å². The van der Waals surface area contributed by atoms with Gasteiger partial charge in [0.25, 0.3) is 0 Å². The van der Waals surface area contributed by atoms with Crippen molar-refractivity contribution < 1.29 is 21.4 Å². The number of amides is 1. The van der Waals surface area contributed by atoms with Gasteiger partial charge in [-0.1, -0.05) is 11.6 Å². The van der Waals surface area contributed by atoms with Gasteiger partial charge in [0.2, 0.25) is 5.91 Å². The highest BCUT2D eigenvalue weighted by Crippen LogP contribution is 2.11. The van der Waals surface area contributed by atoms with E-state index in [0.717, 1.165) is 0 Å². The van der Waals surface area contributed by atoms with Crippen molar-refractivity contribution >= 4 is 45.8 Å². The number of nitrogens with one attached hydrogen (secondary N) is 1. The highest BCUT2D eigenvalue weighted by atomic mass is 35.5. The fourth-order valence-corrected chi connectivity index (χ4v) is 1.74. The first-order valence-electron chi connectivity index (χ1n) is 4.07. The van der Waals surface area contributed by atoms with Crippen molar-refractivity contribution in [2.75, 3.05) is 11.1 Å². The second-order valence-corrected chi connectivity index (χ2v) is 5.03. The fourth-order valence-electron chi connectivity index (χ4n) is 0.767. The van der Waals surface area contributed by atoms with E-state index in [9.17, 15) is 13.2 Å². The molecule has 2 N–H and O–H groups in total. The number of rotatable bonds is 5. The minimum atomic E-state index is -4.55. The minimum Gasteiger partial charge on any atom is -0.310 e. The van der Waals surface area contributed by atoms with Crippen molar-refractivity contribution in [2.45, 2.75) is 0 Å². The molecule has 0 saturated heterocycles. The van der Waals surface area contributed by atoms with Gasteiger partial charge in [0, 0.05) is 18.2 Å². The Morgan fingerprint density at radius 2 is 2.29 bits per heavy atom. The summed E-state index contributed by atoms with van der Waals surface area (Å²) in [6, 6.07) is 3.01. The molecule has 0 fully saturated rings. The van der Waals surface area contributed by atoms with Crippen LogP contribution in [-0.2, 0) is 18.8 Å². The molecule has 0 bridgehead atoms. The lowest BCUT2D eigenvalue weighted by atomic mass is 10.4. The summed E-state index contributed by atoms with van der Waals surface area (Å²) in [5, 5.41) is 2.79. The second-order valence-electron chi connectivity index (χ2n) is 2.67. The van der Waals surface area contributed by atoms with Crippen molar-refractivity contribution in [3.8, 4) is 0 Å². The molecule has 94 valence electrons. The average molecular weight is 299 g/mol. The molecule has 1 aromatic heterocycles. The predicted octanol–water partition coefficient (Wildman–Crippen LogP) is 1.14. The summed E-state index contributed by atoms with van der Waals surface area (Å²) < 4.78 is 32.4. The fraction of sp³-hybridized carbons (Fsp3) is 0.143. The van der Waals surface area contributed by atoms with Gasteiger partial charge in [-0.25, -0.2) is 4.98 Å². The number of hydrogen-bond acceptors (Lipinski definition) is 6. The zero-order valence-electron chi connectivity index (χ0n) is 8.16. The minimum absolute atomic E-state index is 0.270. The van der Waals surface area contributed by atoms with Crippen molar-refractivity contribution in [1.29, 1.82) is 0 Å². The van der Waals surface area contributed by atoms with Crippen LogP contribution >= 0.6 is 23.6 Å². The van der Waals surface area contributed by atoms with E-state index in [0.29, 0.717) is 5.02 Å². The van der Waals surface area contributed by atoms with Crippen LogP contribution in [0.1, 0.15) is 0 Å². The number of aromatic nitrogens is 1. The smallest absolute Gasteiger partial charge is 0.310 e.